The van der Waals surface area contributed by atoms with Crippen LogP contribution in [-0.4, -0.2) is 43.1 Å². The molecule has 0 aliphatic heterocycles. The van der Waals surface area contributed by atoms with Crippen LogP contribution in [0.2, 0.25) is 0 Å². The summed E-state index contributed by atoms with van der Waals surface area (Å²) in [7, 11) is 11.5. The second-order valence-corrected chi connectivity index (χ2v) is 10.4. The molecule has 0 fully saturated rings. The molecule has 0 radical (unpaired) electrons. The number of nitrogens with zero attached hydrogens (tertiary/aromatic N) is 2. The van der Waals surface area contributed by atoms with Crippen molar-refractivity contribution in [3.63, 3.8) is 0 Å². The van der Waals surface area contributed by atoms with Crippen LogP contribution >= 0.6 is 32.9 Å². The zero-order valence-electron chi connectivity index (χ0n) is 16.7. The molecule has 2 aromatic carbocycles. The second-order valence-electron chi connectivity index (χ2n) is 7.54. The minimum atomic E-state index is 0.398. The Morgan fingerprint density at radius 2 is 1.46 bits per heavy atom. The molecule has 1 aromatic heterocycles. The van der Waals surface area contributed by atoms with Crippen LogP contribution in [-0.2, 0) is 19.5 Å². The maximum atomic E-state index is 10.8. The van der Waals surface area contributed by atoms with Crippen molar-refractivity contribution in [1.29, 1.82) is 0 Å². The predicted octanol–water partition coefficient (Wildman–Crippen LogP) is 5.63. The lowest BCUT2D eigenvalue weighted by molar-refractivity contribution is 0.368. The Morgan fingerprint density at radius 1 is 0.893 bits per heavy atom. The van der Waals surface area contributed by atoms with E-state index in [1.54, 1.807) is 20.7 Å². The van der Waals surface area contributed by atoms with Crippen LogP contribution in [0.15, 0.2) is 42.5 Å². The van der Waals surface area contributed by atoms with Crippen LogP contribution in [0.1, 0.15) is 22.3 Å². The predicted molar refractivity (Wildman–Crippen MR) is 124 cm³/mol. The third-order valence-corrected chi connectivity index (χ3v) is 7.64. The fourth-order valence-electron chi connectivity index (χ4n) is 3.26. The van der Waals surface area contributed by atoms with Crippen molar-refractivity contribution in [2.24, 2.45) is 0 Å². The van der Waals surface area contributed by atoms with E-state index in [9.17, 15) is 5.11 Å². The molecule has 3 rings (SSSR count). The summed E-state index contributed by atoms with van der Waals surface area (Å²) in [5, 5.41) is 10.8. The van der Waals surface area contributed by atoms with Gasteiger partial charge in [-0.25, -0.2) is 0 Å². The Balaban J connectivity index is 2.09. The number of phenolic OH excluding ortho intramolecular Hbond substituents is 1. The molecule has 1 N–H and O–H groups in total. The Bertz CT molecular complexity index is 960. The highest BCUT2D eigenvalue weighted by atomic mass is 32.9. The van der Waals surface area contributed by atoms with Crippen molar-refractivity contribution in [2.75, 3.05) is 28.2 Å². The molecule has 148 valence electrons. The van der Waals surface area contributed by atoms with Crippen LogP contribution in [0.3, 0.4) is 0 Å². The highest BCUT2D eigenvalue weighted by Crippen LogP contribution is 2.39. The molecule has 0 aliphatic rings. The lowest BCUT2D eigenvalue weighted by Crippen LogP contribution is -2.14. The SMILES string of the molecule is CN(C)Cc1cc(-c2ssc(=S)c2Cc2ccccc2)cc(CN(C)C)c1O. The molecular weight excluding hydrogens is 404 g/mol. The average molecular weight is 431 g/mol. The first-order chi connectivity index (χ1) is 13.3. The third kappa shape index (κ3) is 5.07. The zero-order valence-corrected chi connectivity index (χ0v) is 19.2. The van der Waals surface area contributed by atoms with Crippen LogP contribution in [0.25, 0.3) is 10.4 Å². The molecule has 3 nitrogen and oxygen atoms in total. The van der Waals surface area contributed by atoms with Gasteiger partial charge in [-0.15, -0.1) is 0 Å². The minimum absolute atomic E-state index is 0.398. The first kappa shape index (κ1) is 21.1. The first-order valence-corrected chi connectivity index (χ1v) is 11.7. The number of hydrogen-bond acceptors (Lipinski definition) is 6. The van der Waals surface area contributed by atoms with Crippen molar-refractivity contribution >= 4 is 32.9 Å². The van der Waals surface area contributed by atoms with E-state index in [0.717, 1.165) is 26.9 Å². The fourth-order valence-corrected chi connectivity index (χ4v) is 6.16. The Kier molecular flexibility index (Phi) is 7.01. The van der Waals surface area contributed by atoms with Gasteiger partial charge in [-0.05, 0) is 51.5 Å². The Morgan fingerprint density at radius 3 is 2.00 bits per heavy atom. The summed E-state index contributed by atoms with van der Waals surface area (Å²) < 4.78 is 0.959. The van der Waals surface area contributed by atoms with Gasteiger partial charge in [0.25, 0.3) is 0 Å². The van der Waals surface area contributed by atoms with Gasteiger partial charge in [0.1, 0.15) is 9.57 Å². The maximum absolute atomic E-state index is 10.8. The number of phenols is 1. The average Bonchev–Trinajstić information content (AvgIpc) is 2.99. The summed E-state index contributed by atoms with van der Waals surface area (Å²) in [6, 6.07) is 14.7. The smallest absolute Gasteiger partial charge is 0.124 e. The molecule has 0 saturated carbocycles. The van der Waals surface area contributed by atoms with E-state index in [1.165, 1.54) is 16.0 Å². The number of hydrogen-bond donors (Lipinski definition) is 1. The largest absolute Gasteiger partial charge is 0.507 e. The monoisotopic (exact) mass is 430 g/mol. The van der Waals surface area contributed by atoms with Crippen molar-refractivity contribution in [3.05, 3.63) is 68.5 Å². The highest BCUT2D eigenvalue weighted by molar-refractivity contribution is 7.80. The van der Waals surface area contributed by atoms with Gasteiger partial charge in [0.15, 0.2) is 0 Å². The van der Waals surface area contributed by atoms with E-state index in [1.807, 2.05) is 34.3 Å². The van der Waals surface area contributed by atoms with E-state index in [0.29, 0.717) is 18.8 Å². The first-order valence-electron chi connectivity index (χ1n) is 9.15. The van der Waals surface area contributed by atoms with E-state index in [-0.39, 0.29) is 0 Å². The van der Waals surface area contributed by atoms with E-state index < -0.39 is 0 Å². The van der Waals surface area contributed by atoms with E-state index >= 15 is 0 Å². The van der Waals surface area contributed by atoms with E-state index in [2.05, 4.69) is 46.2 Å². The van der Waals surface area contributed by atoms with Crippen molar-refractivity contribution in [1.82, 2.24) is 9.80 Å². The van der Waals surface area contributed by atoms with Crippen molar-refractivity contribution < 1.29 is 5.11 Å². The summed E-state index contributed by atoms with van der Waals surface area (Å²) in [6.45, 7) is 1.40. The van der Waals surface area contributed by atoms with Gasteiger partial charge in [-0.2, -0.15) is 0 Å². The summed E-state index contributed by atoms with van der Waals surface area (Å²) >= 11 is 5.67. The fraction of sp³-hybridized carbons (Fsp3) is 0.318. The molecule has 0 aliphatic carbocycles. The van der Waals surface area contributed by atoms with Gasteiger partial charge in [0.05, 0.1) is 4.88 Å². The van der Waals surface area contributed by atoms with Crippen molar-refractivity contribution in [3.8, 4) is 16.2 Å². The molecule has 3 aromatic rings. The number of benzene rings is 2. The van der Waals surface area contributed by atoms with Crippen LogP contribution in [0, 0.1) is 3.82 Å². The van der Waals surface area contributed by atoms with Gasteiger partial charge in [0, 0.05) is 36.2 Å². The quantitative estimate of drug-likeness (QED) is 0.388. The molecule has 0 bridgehead atoms. The standard InChI is InChI=1S/C22H26N2OS3/c1-23(2)13-17-11-16(12-18(20(17)25)14-24(3)4)21-19(22(26)28-27-21)10-15-8-6-5-7-9-15/h5-9,11-12,25H,10,13-14H2,1-4H3. The van der Waals surface area contributed by atoms with E-state index in [4.69, 9.17) is 12.2 Å². The lowest BCUT2D eigenvalue weighted by atomic mass is 9.98. The van der Waals surface area contributed by atoms with Gasteiger partial charge >= 0.3 is 0 Å². The molecule has 1 heterocycles. The van der Waals surface area contributed by atoms with Gasteiger partial charge < -0.3 is 14.9 Å². The molecule has 0 unspecified atom stereocenters. The normalized spacial score (nSPS) is 11.5. The Labute approximate surface area is 179 Å². The second kappa shape index (κ2) is 9.29. The zero-order chi connectivity index (χ0) is 20.3. The summed E-state index contributed by atoms with van der Waals surface area (Å²) in [4.78, 5) is 5.39. The number of rotatable bonds is 7. The minimum Gasteiger partial charge on any atom is -0.507 e. The van der Waals surface area contributed by atoms with Crippen molar-refractivity contribution in [2.45, 2.75) is 19.5 Å². The molecule has 0 spiro atoms. The van der Waals surface area contributed by atoms with Gasteiger partial charge in [0.2, 0.25) is 0 Å². The molecule has 0 amide bonds. The summed E-state index contributed by atoms with van der Waals surface area (Å²) in [5.74, 6) is 0.398. The third-order valence-electron chi connectivity index (χ3n) is 4.45. The molecule has 0 saturated heterocycles. The van der Waals surface area contributed by atoms with Crippen LogP contribution < -0.4 is 0 Å². The topological polar surface area (TPSA) is 26.7 Å². The molecular formula is C22H26N2OS3. The van der Waals surface area contributed by atoms with Gasteiger partial charge in [-0.1, -0.05) is 63.2 Å². The molecule has 28 heavy (non-hydrogen) atoms. The summed E-state index contributed by atoms with van der Waals surface area (Å²) in [6.07, 6.45) is 0.835. The molecule has 0 atom stereocenters. The summed E-state index contributed by atoms with van der Waals surface area (Å²) in [5.41, 5.74) is 5.54. The number of aromatic hydroxyl groups is 1. The lowest BCUT2D eigenvalue weighted by Gasteiger charge is -2.18. The molecule has 6 heteroatoms. The van der Waals surface area contributed by atoms with Crippen LogP contribution in [0.4, 0.5) is 0 Å². The Hall–Kier alpha value is -1.57. The van der Waals surface area contributed by atoms with Crippen LogP contribution in [0.5, 0.6) is 5.75 Å². The van der Waals surface area contributed by atoms with Gasteiger partial charge in [-0.3, -0.25) is 0 Å². The maximum Gasteiger partial charge on any atom is 0.124 e. The highest BCUT2D eigenvalue weighted by Gasteiger charge is 2.17.